The number of likely N-dealkylation sites (tertiary alicyclic amines) is 1. The second-order valence-corrected chi connectivity index (χ2v) is 7.18. The first-order chi connectivity index (χ1) is 11.9. The molecule has 0 radical (unpaired) electrons. The molecule has 2 fully saturated rings. The molecule has 0 saturated carbocycles. The summed E-state index contributed by atoms with van der Waals surface area (Å²) in [5, 5.41) is 9.64. The first kappa shape index (κ1) is 17.7. The lowest BCUT2D eigenvalue weighted by atomic mass is 9.95. The average Bonchev–Trinajstić information content (AvgIpc) is 2.98. The summed E-state index contributed by atoms with van der Waals surface area (Å²) in [5.41, 5.74) is 1.64. The highest BCUT2D eigenvalue weighted by atomic mass is 35.5. The number of benzene rings is 1. The predicted molar refractivity (Wildman–Crippen MR) is 93.6 cm³/mol. The van der Waals surface area contributed by atoms with E-state index < -0.39 is 5.97 Å². The van der Waals surface area contributed by atoms with Gasteiger partial charge in [0.15, 0.2) is 0 Å². The molecule has 1 aromatic rings. The molecule has 2 aliphatic heterocycles. The number of aryl methyl sites for hydroxylation is 1. The van der Waals surface area contributed by atoms with Gasteiger partial charge >= 0.3 is 5.97 Å². The van der Waals surface area contributed by atoms with Gasteiger partial charge in [-0.3, -0.25) is 14.4 Å². The van der Waals surface area contributed by atoms with E-state index in [0.717, 1.165) is 5.56 Å². The van der Waals surface area contributed by atoms with Crippen molar-refractivity contribution in [2.45, 2.75) is 26.2 Å². The molecule has 7 heteroatoms. The van der Waals surface area contributed by atoms with E-state index >= 15 is 0 Å². The quantitative estimate of drug-likeness (QED) is 0.892. The van der Waals surface area contributed by atoms with Crippen LogP contribution in [0.4, 0.5) is 5.69 Å². The van der Waals surface area contributed by atoms with Gasteiger partial charge in [-0.25, -0.2) is 0 Å². The van der Waals surface area contributed by atoms with Crippen molar-refractivity contribution < 1.29 is 19.5 Å². The summed E-state index contributed by atoms with van der Waals surface area (Å²) >= 11 is 6.14. The summed E-state index contributed by atoms with van der Waals surface area (Å²) < 4.78 is 0. The molecule has 2 heterocycles. The van der Waals surface area contributed by atoms with Crippen LogP contribution in [0.3, 0.4) is 0 Å². The fraction of sp³-hybridized carbons (Fsp3) is 0.500. The number of aliphatic carboxylic acids is 1. The molecule has 25 heavy (non-hydrogen) atoms. The van der Waals surface area contributed by atoms with Crippen LogP contribution in [0.15, 0.2) is 18.2 Å². The lowest BCUT2D eigenvalue weighted by Crippen LogP contribution is -2.43. The van der Waals surface area contributed by atoms with Gasteiger partial charge in [-0.15, -0.1) is 0 Å². The molecule has 1 atom stereocenters. The molecule has 2 aliphatic rings. The highest BCUT2D eigenvalue weighted by molar-refractivity contribution is 6.31. The van der Waals surface area contributed by atoms with Crippen LogP contribution in [0.25, 0.3) is 0 Å². The number of halogens is 1. The molecule has 2 amide bonds. The topological polar surface area (TPSA) is 77.9 Å². The van der Waals surface area contributed by atoms with Gasteiger partial charge in [0.25, 0.3) is 0 Å². The predicted octanol–water partition coefficient (Wildman–Crippen LogP) is 2.32. The third-order valence-electron chi connectivity index (χ3n) is 5.10. The summed E-state index contributed by atoms with van der Waals surface area (Å²) in [6, 6.07) is 5.45. The van der Waals surface area contributed by atoms with Gasteiger partial charge in [-0.05, 0) is 37.5 Å². The molecule has 0 spiro atoms. The van der Waals surface area contributed by atoms with E-state index in [1.165, 1.54) is 0 Å². The summed E-state index contributed by atoms with van der Waals surface area (Å²) in [6.07, 6.45) is 1.13. The van der Waals surface area contributed by atoms with Crippen molar-refractivity contribution in [1.82, 2.24) is 4.90 Å². The first-order valence-electron chi connectivity index (χ1n) is 8.45. The molecule has 1 aromatic carbocycles. The number of carbonyl (C=O) groups excluding carboxylic acids is 2. The van der Waals surface area contributed by atoms with Gasteiger partial charge in [-0.2, -0.15) is 0 Å². The summed E-state index contributed by atoms with van der Waals surface area (Å²) in [6.45, 7) is 3.12. The smallest absolute Gasteiger partial charge is 0.306 e. The molecule has 1 N–H and O–H groups in total. The van der Waals surface area contributed by atoms with Crippen molar-refractivity contribution in [1.29, 1.82) is 0 Å². The SMILES string of the molecule is Cc1ccc(N2CC(C(=O)N3CCC(C(=O)O)CC3)CC2=O)cc1Cl. The number of amides is 2. The minimum Gasteiger partial charge on any atom is -0.481 e. The summed E-state index contributed by atoms with van der Waals surface area (Å²) in [4.78, 5) is 39.4. The van der Waals surface area contributed by atoms with Crippen molar-refractivity contribution in [3.05, 3.63) is 28.8 Å². The van der Waals surface area contributed by atoms with E-state index in [1.54, 1.807) is 15.9 Å². The number of hydrogen-bond donors (Lipinski definition) is 1. The van der Waals surface area contributed by atoms with Crippen LogP contribution in [-0.2, 0) is 14.4 Å². The Labute approximate surface area is 151 Å². The van der Waals surface area contributed by atoms with Crippen LogP contribution in [0.2, 0.25) is 5.02 Å². The maximum atomic E-state index is 12.7. The van der Waals surface area contributed by atoms with E-state index in [9.17, 15) is 14.4 Å². The Morgan fingerprint density at radius 3 is 2.48 bits per heavy atom. The number of carboxylic acids is 1. The summed E-state index contributed by atoms with van der Waals surface area (Å²) in [7, 11) is 0. The number of nitrogens with zero attached hydrogens (tertiary/aromatic N) is 2. The van der Waals surface area contributed by atoms with Crippen molar-refractivity contribution >= 4 is 35.1 Å². The number of carbonyl (C=O) groups is 3. The molecule has 6 nitrogen and oxygen atoms in total. The molecule has 3 rings (SSSR count). The van der Waals surface area contributed by atoms with Crippen molar-refractivity contribution in [2.75, 3.05) is 24.5 Å². The highest BCUT2D eigenvalue weighted by Gasteiger charge is 2.38. The largest absolute Gasteiger partial charge is 0.481 e. The van der Waals surface area contributed by atoms with Crippen molar-refractivity contribution in [3.63, 3.8) is 0 Å². The third kappa shape index (κ3) is 3.63. The Morgan fingerprint density at radius 1 is 1.20 bits per heavy atom. The number of hydrogen-bond acceptors (Lipinski definition) is 3. The fourth-order valence-electron chi connectivity index (χ4n) is 3.48. The minimum atomic E-state index is -0.800. The zero-order valence-corrected chi connectivity index (χ0v) is 14.8. The molecular formula is C18H21ClN2O4. The molecule has 1 unspecified atom stereocenters. The van der Waals surface area contributed by atoms with E-state index in [0.29, 0.717) is 43.2 Å². The molecule has 134 valence electrons. The van der Waals surface area contributed by atoms with Gasteiger partial charge < -0.3 is 14.9 Å². The average molecular weight is 365 g/mol. The van der Waals surface area contributed by atoms with Crippen LogP contribution >= 0.6 is 11.6 Å². The van der Waals surface area contributed by atoms with Crippen LogP contribution in [0, 0.1) is 18.8 Å². The molecule has 2 saturated heterocycles. The van der Waals surface area contributed by atoms with Crippen molar-refractivity contribution in [3.8, 4) is 0 Å². The number of rotatable bonds is 3. The zero-order valence-electron chi connectivity index (χ0n) is 14.1. The van der Waals surface area contributed by atoms with Crippen LogP contribution in [-0.4, -0.2) is 47.4 Å². The van der Waals surface area contributed by atoms with E-state index in [-0.39, 0.29) is 30.1 Å². The molecular weight excluding hydrogens is 344 g/mol. The van der Waals surface area contributed by atoms with Crippen LogP contribution in [0.5, 0.6) is 0 Å². The lowest BCUT2D eigenvalue weighted by molar-refractivity contribution is -0.146. The summed E-state index contributed by atoms with van der Waals surface area (Å²) in [5.74, 6) is -1.70. The van der Waals surface area contributed by atoms with Crippen LogP contribution < -0.4 is 4.90 Å². The standard InChI is InChI=1S/C18H21ClN2O4/c1-11-2-3-14(9-15(11)19)21-10-13(8-16(21)22)17(23)20-6-4-12(5-7-20)18(24)25/h2-3,9,12-13H,4-8,10H2,1H3,(H,24,25). The van der Waals surface area contributed by atoms with Crippen LogP contribution in [0.1, 0.15) is 24.8 Å². The van der Waals surface area contributed by atoms with Crippen molar-refractivity contribution in [2.24, 2.45) is 11.8 Å². The van der Waals surface area contributed by atoms with Gasteiger partial charge in [0, 0.05) is 36.8 Å². The third-order valence-corrected chi connectivity index (χ3v) is 5.50. The highest BCUT2D eigenvalue weighted by Crippen LogP contribution is 2.30. The van der Waals surface area contributed by atoms with Gasteiger partial charge in [0.05, 0.1) is 11.8 Å². The van der Waals surface area contributed by atoms with Gasteiger partial charge in [0.2, 0.25) is 11.8 Å². The second-order valence-electron chi connectivity index (χ2n) is 6.78. The lowest BCUT2D eigenvalue weighted by Gasteiger charge is -2.31. The van der Waals surface area contributed by atoms with Gasteiger partial charge in [-0.1, -0.05) is 17.7 Å². The van der Waals surface area contributed by atoms with E-state index in [4.69, 9.17) is 16.7 Å². The van der Waals surface area contributed by atoms with E-state index in [2.05, 4.69) is 0 Å². The zero-order chi connectivity index (χ0) is 18.1. The Morgan fingerprint density at radius 2 is 1.88 bits per heavy atom. The Bertz CT molecular complexity index is 713. The molecule has 0 bridgehead atoms. The number of anilines is 1. The normalized spacial score (nSPS) is 21.7. The maximum Gasteiger partial charge on any atom is 0.306 e. The monoisotopic (exact) mass is 364 g/mol. The minimum absolute atomic E-state index is 0.0575. The Kier molecular flexibility index (Phi) is 4.99. The first-order valence-corrected chi connectivity index (χ1v) is 8.82. The number of piperidine rings is 1. The Hall–Kier alpha value is -2.08. The van der Waals surface area contributed by atoms with E-state index in [1.807, 2.05) is 19.1 Å². The molecule has 0 aromatic heterocycles. The maximum absolute atomic E-state index is 12.7. The second kappa shape index (κ2) is 7.04. The fourth-order valence-corrected chi connectivity index (χ4v) is 3.65. The molecule has 0 aliphatic carbocycles. The number of carboxylic acid groups (broad SMARTS) is 1. The Balaban J connectivity index is 1.65. The van der Waals surface area contributed by atoms with Gasteiger partial charge in [0.1, 0.15) is 0 Å².